The van der Waals surface area contributed by atoms with Gasteiger partial charge in [-0.05, 0) is 59.8 Å². The Bertz CT molecular complexity index is 209. The number of piperidine rings is 1. The van der Waals surface area contributed by atoms with Gasteiger partial charge in [0.1, 0.15) is 0 Å². The lowest BCUT2D eigenvalue weighted by atomic mass is 10.0. The van der Waals surface area contributed by atoms with E-state index in [0.717, 1.165) is 12.1 Å². The molecule has 2 aliphatic heterocycles. The van der Waals surface area contributed by atoms with Crippen LogP contribution in [0.4, 0.5) is 0 Å². The van der Waals surface area contributed by atoms with E-state index in [0.29, 0.717) is 6.04 Å². The average molecular weight is 225 g/mol. The fourth-order valence-corrected chi connectivity index (χ4v) is 2.90. The molecule has 0 aromatic carbocycles. The van der Waals surface area contributed by atoms with Gasteiger partial charge in [-0.1, -0.05) is 0 Å². The largest absolute Gasteiger partial charge is 0.310 e. The fraction of sp³-hybridized carbons (Fsp3) is 1.00. The maximum Gasteiger partial charge on any atom is 0.0209 e. The van der Waals surface area contributed by atoms with E-state index >= 15 is 0 Å². The number of nitrogens with zero attached hydrogens (tertiary/aromatic N) is 2. The van der Waals surface area contributed by atoms with Gasteiger partial charge in [-0.25, -0.2) is 0 Å². The molecule has 1 unspecified atom stereocenters. The van der Waals surface area contributed by atoms with E-state index in [9.17, 15) is 0 Å². The maximum absolute atomic E-state index is 3.85. The Kier molecular flexibility index (Phi) is 4.22. The van der Waals surface area contributed by atoms with E-state index in [-0.39, 0.29) is 0 Å². The molecule has 2 heterocycles. The van der Waals surface area contributed by atoms with Gasteiger partial charge in [0.2, 0.25) is 0 Å². The number of hydrogen-bond acceptors (Lipinski definition) is 3. The quantitative estimate of drug-likeness (QED) is 0.777. The van der Waals surface area contributed by atoms with E-state index in [1.807, 2.05) is 0 Å². The summed E-state index contributed by atoms with van der Waals surface area (Å²) in [5.41, 5.74) is 0. The molecule has 94 valence electrons. The zero-order chi connectivity index (χ0) is 11.5. The van der Waals surface area contributed by atoms with Gasteiger partial charge >= 0.3 is 0 Å². The fourth-order valence-electron chi connectivity index (χ4n) is 2.90. The van der Waals surface area contributed by atoms with E-state index in [4.69, 9.17) is 0 Å². The number of likely N-dealkylation sites (tertiary alicyclic amines) is 2. The lowest BCUT2D eigenvalue weighted by molar-refractivity contribution is 0.218. The highest BCUT2D eigenvalue weighted by Crippen LogP contribution is 2.15. The second-order valence-electron chi connectivity index (χ2n) is 5.82. The first-order chi connectivity index (χ1) is 7.65. The third kappa shape index (κ3) is 3.19. The van der Waals surface area contributed by atoms with Gasteiger partial charge in [0.05, 0.1) is 0 Å². The van der Waals surface area contributed by atoms with Crippen molar-refractivity contribution >= 4 is 0 Å². The molecule has 3 nitrogen and oxygen atoms in total. The smallest absolute Gasteiger partial charge is 0.0209 e. The Hall–Kier alpha value is -0.120. The lowest BCUT2D eigenvalue weighted by Gasteiger charge is -2.31. The molecule has 2 aliphatic rings. The van der Waals surface area contributed by atoms with E-state index in [1.165, 1.54) is 45.4 Å². The first-order valence-corrected chi connectivity index (χ1v) is 6.84. The summed E-state index contributed by atoms with van der Waals surface area (Å²) >= 11 is 0. The minimum Gasteiger partial charge on any atom is -0.310 e. The Morgan fingerprint density at radius 3 is 2.19 bits per heavy atom. The van der Waals surface area contributed by atoms with Crippen LogP contribution in [0, 0.1) is 0 Å². The van der Waals surface area contributed by atoms with Crippen LogP contribution in [-0.2, 0) is 0 Å². The van der Waals surface area contributed by atoms with Crippen LogP contribution < -0.4 is 5.32 Å². The van der Waals surface area contributed by atoms with Crippen molar-refractivity contribution in [3.05, 3.63) is 0 Å². The van der Waals surface area contributed by atoms with Crippen LogP contribution in [0.5, 0.6) is 0 Å². The molecule has 1 N–H and O–H groups in total. The zero-order valence-electron chi connectivity index (χ0n) is 11.1. The Morgan fingerprint density at radius 2 is 1.62 bits per heavy atom. The second kappa shape index (κ2) is 5.48. The van der Waals surface area contributed by atoms with Gasteiger partial charge in [-0.2, -0.15) is 0 Å². The van der Waals surface area contributed by atoms with Gasteiger partial charge in [0.15, 0.2) is 0 Å². The predicted molar refractivity (Wildman–Crippen MR) is 68.8 cm³/mol. The van der Waals surface area contributed by atoms with Crippen molar-refractivity contribution in [1.29, 1.82) is 0 Å². The van der Waals surface area contributed by atoms with Crippen LogP contribution in [0.1, 0.15) is 33.1 Å². The molecule has 1 atom stereocenters. The first kappa shape index (κ1) is 12.3. The normalized spacial score (nSPS) is 30.4. The summed E-state index contributed by atoms with van der Waals surface area (Å²) in [6.07, 6.45) is 3.99. The highest BCUT2D eigenvalue weighted by molar-refractivity contribution is 4.86. The Labute approximate surface area is 100 Å². The van der Waals surface area contributed by atoms with Crippen molar-refractivity contribution < 1.29 is 0 Å². The minimum absolute atomic E-state index is 0.712. The van der Waals surface area contributed by atoms with Crippen LogP contribution in [0.15, 0.2) is 0 Å². The first-order valence-electron chi connectivity index (χ1n) is 6.84. The summed E-state index contributed by atoms with van der Waals surface area (Å²) in [6.45, 7) is 9.67. The molecular formula is C13H27N3. The van der Waals surface area contributed by atoms with Crippen LogP contribution in [-0.4, -0.2) is 61.2 Å². The van der Waals surface area contributed by atoms with Crippen LogP contribution in [0.2, 0.25) is 0 Å². The average Bonchev–Trinajstić information content (AvgIpc) is 2.70. The molecular weight excluding hydrogens is 198 g/mol. The molecule has 2 fully saturated rings. The summed E-state index contributed by atoms with van der Waals surface area (Å²) in [5, 5.41) is 3.85. The van der Waals surface area contributed by atoms with Crippen molar-refractivity contribution in [2.24, 2.45) is 0 Å². The molecule has 0 saturated carbocycles. The van der Waals surface area contributed by atoms with Crippen molar-refractivity contribution in [3.8, 4) is 0 Å². The second-order valence-corrected chi connectivity index (χ2v) is 5.82. The zero-order valence-corrected chi connectivity index (χ0v) is 11.1. The van der Waals surface area contributed by atoms with Crippen molar-refractivity contribution in [2.75, 3.05) is 33.2 Å². The Morgan fingerprint density at radius 1 is 1.00 bits per heavy atom. The highest BCUT2D eigenvalue weighted by Gasteiger charge is 2.26. The topological polar surface area (TPSA) is 18.5 Å². The molecule has 2 saturated heterocycles. The molecule has 0 radical (unpaired) electrons. The molecule has 0 amide bonds. The maximum atomic E-state index is 3.85. The third-order valence-corrected chi connectivity index (χ3v) is 4.14. The number of nitrogens with one attached hydrogen (secondary N) is 1. The van der Waals surface area contributed by atoms with Gasteiger partial charge in [0, 0.05) is 24.7 Å². The molecule has 3 heteroatoms. The summed E-state index contributed by atoms with van der Waals surface area (Å²) in [5.74, 6) is 0. The third-order valence-electron chi connectivity index (χ3n) is 4.14. The summed E-state index contributed by atoms with van der Waals surface area (Å²) in [7, 11) is 2.23. The molecule has 16 heavy (non-hydrogen) atoms. The van der Waals surface area contributed by atoms with Crippen molar-refractivity contribution in [1.82, 2.24) is 15.1 Å². The molecule has 0 bridgehead atoms. The van der Waals surface area contributed by atoms with Gasteiger partial charge in [-0.15, -0.1) is 0 Å². The summed E-state index contributed by atoms with van der Waals surface area (Å²) in [4.78, 5) is 5.03. The van der Waals surface area contributed by atoms with Crippen LogP contribution in [0.25, 0.3) is 0 Å². The number of rotatable bonds is 3. The van der Waals surface area contributed by atoms with Gasteiger partial charge < -0.3 is 10.2 Å². The van der Waals surface area contributed by atoms with Crippen molar-refractivity contribution in [3.63, 3.8) is 0 Å². The van der Waals surface area contributed by atoms with E-state index in [1.54, 1.807) is 0 Å². The van der Waals surface area contributed by atoms with Gasteiger partial charge in [-0.3, -0.25) is 4.90 Å². The predicted octanol–water partition coefficient (Wildman–Crippen LogP) is 1.15. The van der Waals surface area contributed by atoms with E-state index in [2.05, 4.69) is 36.0 Å². The molecule has 0 aliphatic carbocycles. The molecule has 0 aromatic heterocycles. The summed E-state index contributed by atoms with van der Waals surface area (Å²) < 4.78 is 0. The highest BCUT2D eigenvalue weighted by atomic mass is 15.2. The molecule has 0 spiro atoms. The lowest BCUT2D eigenvalue weighted by Crippen LogP contribution is -2.46. The SMILES string of the molecule is CC(C)N1CCC(NC2CCN(C)CC2)C1. The van der Waals surface area contributed by atoms with Crippen molar-refractivity contribution in [2.45, 2.75) is 51.2 Å². The summed E-state index contributed by atoms with van der Waals surface area (Å²) in [6, 6.07) is 2.23. The van der Waals surface area contributed by atoms with Crippen LogP contribution in [0.3, 0.4) is 0 Å². The monoisotopic (exact) mass is 225 g/mol. The number of hydrogen-bond donors (Lipinski definition) is 1. The van der Waals surface area contributed by atoms with Crippen LogP contribution >= 0.6 is 0 Å². The standard InChI is InChI=1S/C13H27N3/c1-11(2)16-9-6-13(10-16)14-12-4-7-15(3)8-5-12/h11-14H,4-10H2,1-3H3. The molecule has 2 rings (SSSR count). The minimum atomic E-state index is 0.712. The molecule has 0 aromatic rings. The Balaban J connectivity index is 1.71. The van der Waals surface area contributed by atoms with E-state index < -0.39 is 0 Å². The van der Waals surface area contributed by atoms with Gasteiger partial charge in [0.25, 0.3) is 0 Å².